The van der Waals surface area contributed by atoms with Gasteiger partial charge in [-0.2, -0.15) is 0 Å². The lowest BCUT2D eigenvalue weighted by atomic mass is 10.3. The van der Waals surface area contributed by atoms with E-state index in [0.29, 0.717) is 23.7 Å². The number of hydrogen-bond donors (Lipinski definition) is 1. The lowest BCUT2D eigenvalue weighted by Crippen LogP contribution is -2.25. The minimum absolute atomic E-state index is 0.0154. The van der Waals surface area contributed by atoms with E-state index in [1.165, 1.54) is 36.9 Å². The molecule has 0 aliphatic heterocycles. The molecule has 0 spiro atoms. The molecule has 1 rings (SSSR count). The first-order chi connectivity index (χ1) is 9.33. The van der Waals surface area contributed by atoms with Crippen molar-refractivity contribution in [3.8, 4) is 0 Å². The van der Waals surface area contributed by atoms with Gasteiger partial charge in [0.15, 0.2) is 5.12 Å². The molecule has 0 aromatic heterocycles. The van der Waals surface area contributed by atoms with Crippen LogP contribution in [0.3, 0.4) is 0 Å². The van der Waals surface area contributed by atoms with E-state index in [-0.39, 0.29) is 15.0 Å². The average molecular weight is 356 g/mol. The van der Waals surface area contributed by atoms with E-state index in [2.05, 4.69) is 4.72 Å². The average Bonchev–Trinajstić information content (AvgIpc) is 2.32. The van der Waals surface area contributed by atoms with Crippen LogP contribution in [0.15, 0.2) is 23.1 Å². The van der Waals surface area contributed by atoms with Crippen LogP contribution in [0.25, 0.3) is 0 Å². The molecule has 0 amide bonds. The maximum absolute atomic E-state index is 12.0. The largest absolute Gasteiger partial charge is 0.288 e. The summed E-state index contributed by atoms with van der Waals surface area (Å²) in [6.07, 6.45) is 1.42. The Balaban J connectivity index is 2.48. The number of rotatable bonds is 7. The van der Waals surface area contributed by atoms with Crippen molar-refractivity contribution in [1.82, 2.24) is 4.72 Å². The highest BCUT2D eigenvalue weighted by molar-refractivity contribution is 8.13. The van der Waals surface area contributed by atoms with Crippen molar-refractivity contribution in [3.63, 3.8) is 0 Å². The number of nitrogens with one attached hydrogen (secondary N) is 1. The van der Waals surface area contributed by atoms with Gasteiger partial charge in [-0.3, -0.25) is 4.79 Å². The number of carbonyl (C=O) groups is 1. The topological polar surface area (TPSA) is 63.2 Å². The summed E-state index contributed by atoms with van der Waals surface area (Å²) in [6.45, 7) is 1.82. The maximum Gasteiger partial charge on any atom is 0.242 e. The molecule has 8 heteroatoms. The summed E-state index contributed by atoms with van der Waals surface area (Å²) in [5, 5.41) is 0.547. The second-order valence-corrected chi connectivity index (χ2v) is 7.87. The van der Waals surface area contributed by atoms with Crippen molar-refractivity contribution in [2.24, 2.45) is 0 Å². The van der Waals surface area contributed by atoms with Gasteiger partial charge in [0.25, 0.3) is 0 Å². The van der Waals surface area contributed by atoms with Crippen molar-refractivity contribution >= 4 is 50.1 Å². The zero-order valence-electron chi connectivity index (χ0n) is 10.9. The van der Waals surface area contributed by atoms with Gasteiger partial charge in [0.05, 0.1) is 5.02 Å². The number of benzene rings is 1. The predicted molar refractivity (Wildman–Crippen MR) is 84.0 cm³/mol. The number of halogens is 2. The highest BCUT2D eigenvalue weighted by atomic mass is 35.5. The third-order valence-corrected chi connectivity index (χ3v) is 5.43. The Morgan fingerprint density at radius 3 is 2.60 bits per heavy atom. The lowest BCUT2D eigenvalue weighted by Gasteiger charge is -2.08. The molecule has 0 aliphatic rings. The van der Waals surface area contributed by atoms with Crippen LogP contribution < -0.4 is 4.72 Å². The summed E-state index contributed by atoms with van der Waals surface area (Å²) in [5.74, 6) is 0.693. The molecule has 20 heavy (non-hydrogen) atoms. The van der Waals surface area contributed by atoms with Gasteiger partial charge in [0, 0.05) is 24.2 Å². The van der Waals surface area contributed by atoms with Gasteiger partial charge in [0.1, 0.15) is 4.90 Å². The highest BCUT2D eigenvalue weighted by Crippen LogP contribution is 2.24. The number of carbonyl (C=O) groups excluding carboxylic acids is 1. The minimum atomic E-state index is -3.63. The first-order valence-electron chi connectivity index (χ1n) is 5.91. The van der Waals surface area contributed by atoms with Gasteiger partial charge in [-0.25, -0.2) is 13.1 Å². The third kappa shape index (κ3) is 6.01. The summed E-state index contributed by atoms with van der Waals surface area (Å²) in [6, 6.07) is 4.24. The van der Waals surface area contributed by atoms with E-state index in [9.17, 15) is 13.2 Å². The van der Waals surface area contributed by atoms with Crippen molar-refractivity contribution in [1.29, 1.82) is 0 Å². The Kier molecular flexibility index (Phi) is 7.33. The second kappa shape index (κ2) is 8.24. The van der Waals surface area contributed by atoms with E-state index in [0.717, 1.165) is 6.42 Å². The van der Waals surface area contributed by atoms with Crippen molar-refractivity contribution < 1.29 is 13.2 Å². The van der Waals surface area contributed by atoms with Crippen molar-refractivity contribution in [2.45, 2.75) is 24.7 Å². The zero-order valence-corrected chi connectivity index (χ0v) is 14.0. The Morgan fingerprint density at radius 1 is 1.30 bits per heavy atom. The van der Waals surface area contributed by atoms with Crippen LogP contribution in [0.2, 0.25) is 10.0 Å². The van der Waals surface area contributed by atoms with E-state index in [1.807, 2.05) is 0 Å². The molecule has 1 aromatic rings. The normalized spacial score (nSPS) is 11.6. The van der Waals surface area contributed by atoms with Gasteiger partial charge in [-0.1, -0.05) is 35.0 Å². The Morgan fingerprint density at radius 2 is 2.00 bits per heavy atom. The van der Waals surface area contributed by atoms with Crippen LogP contribution in [-0.4, -0.2) is 25.8 Å². The fraction of sp³-hybridized carbons (Fsp3) is 0.417. The maximum atomic E-state index is 12.0. The van der Waals surface area contributed by atoms with E-state index in [1.54, 1.807) is 0 Å². The van der Waals surface area contributed by atoms with Gasteiger partial charge >= 0.3 is 0 Å². The Bertz CT molecular complexity index is 576. The summed E-state index contributed by atoms with van der Waals surface area (Å²) < 4.78 is 26.5. The molecular weight excluding hydrogens is 341 g/mol. The molecule has 0 bridgehead atoms. The quantitative estimate of drug-likeness (QED) is 0.761. The molecule has 0 saturated heterocycles. The molecule has 1 aromatic carbocycles. The Hall–Kier alpha value is -0.270. The van der Waals surface area contributed by atoms with Crippen molar-refractivity contribution in [2.75, 3.05) is 12.3 Å². The minimum Gasteiger partial charge on any atom is -0.288 e. The molecule has 0 fully saturated rings. The van der Waals surface area contributed by atoms with Gasteiger partial charge in [-0.15, -0.1) is 0 Å². The molecule has 1 N–H and O–H groups in total. The molecule has 0 saturated carbocycles. The second-order valence-electron chi connectivity index (χ2n) is 4.02. The number of sulfonamides is 1. The van der Waals surface area contributed by atoms with Crippen molar-refractivity contribution in [3.05, 3.63) is 28.2 Å². The fourth-order valence-corrected chi connectivity index (χ4v) is 3.90. The monoisotopic (exact) mass is 355 g/mol. The van der Waals surface area contributed by atoms with Gasteiger partial charge in [0.2, 0.25) is 10.0 Å². The SMILES string of the molecule is CC(=O)SCCCCNS(=O)(=O)c1ccc(Cl)cc1Cl. The third-order valence-electron chi connectivity index (χ3n) is 2.35. The summed E-state index contributed by atoms with van der Waals surface area (Å²) >= 11 is 12.8. The fourth-order valence-electron chi connectivity index (χ4n) is 1.42. The van der Waals surface area contributed by atoms with E-state index < -0.39 is 10.0 Å². The standard InChI is InChI=1S/C12H15Cl2NO3S2/c1-9(16)19-7-3-2-6-15-20(17,18)12-5-4-10(13)8-11(12)14/h4-5,8,15H,2-3,6-7H2,1H3. The molecule has 0 radical (unpaired) electrons. The van der Waals surface area contributed by atoms with Gasteiger partial charge < -0.3 is 0 Å². The molecule has 0 heterocycles. The van der Waals surface area contributed by atoms with Crippen LogP contribution >= 0.6 is 35.0 Å². The van der Waals surface area contributed by atoms with E-state index in [4.69, 9.17) is 23.2 Å². The summed E-state index contributed by atoms with van der Waals surface area (Å²) in [5.41, 5.74) is 0. The first-order valence-corrected chi connectivity index (χ1v) is 9.13. The van der Waals surface area contributed by atoms with Gasteiger partial charge in [-0.05, 0) is 31.0 Å². The number of thioether (sulfide) groups is 1. The lowest BCUT2D eigenvalue weighted by molar-refractivity contribution is -0.109. The molecule has 4 nitrogen and oxygen atoms in total. The first kappa shape index (κ1) is 17.8. The number of unbranched alkanes of at least 4 members (excludes halogenated alkanes) is 1. The van der Waals surface area contributed by atoms with Crippen LogP contribution in [0.5, 0.6) is 0 Å². The molecular formula is C12H15Cl2NO3S2. The molecule has 0 aliphatic carbocycles. The van der Waals surface area contributed by atoms with Crippen LogP contribution in [-0.2, 0) is 14.8 Å². The highest BCUT2D eigenvalue weighted by Gasteiger charge is 2.17. The van der Waals surface area contributed by atoms with Crippen LogP contribution in [0.1, 0.15) is 19.8 Å². The smallest absolute Gasteiger partial charge is 0.242 e. The predicted octanol–water partition coefficient (Wildman–Crippen LogP) is 3.33. The van der Waals surface area contributed by atoms with Crippen LogP contribution in [0, 0.1) is 0 Å². The Labute approximate surface area is 133 Å². The molecule has 0 unspecified atom stereocenters. The summed E-state index contributed by atoms with van der Waals surface area (Å²) in [4.78, 5) is 10.7. The molecule has 112 valence electrons. The summed E-state index contributed by atoms with van der Waals surface area (Å²) in [7, 11) is -3.63. The zero-order chi connectivity index (χ0) is 15.2. The van der Waals surface area contributed by atoms with Crippen LogP contribution in [0.4, 0.5) is 0 Å². The molecule has 0 atom stereocenters. The van der Waals surface area contributed by atoms with E-state index >= 15 is 0 Å². The number of hydrogen-bond acceptors (Lipinski definition) is 4.